The Labute approximate surface area is 143 Å². The van der Waals surface area contributed by atoms with Gasteiger partial charge in [-0.15, -0.1) is 0 Å². The van der Waals surface area contributed by atoms with Crippen LogP contribution in [0.25, 0.3) is 10.9 Å². The van der Waals surface area contributed by atoms with Crippen LogP contribution in [0.15, 0.2) is 72.9 Å². The summed E-state index contributed by atoms with van der Waals surface area (Å²) in [5.41, 5.74) is 7.20. The summed E-state index contributed by atoms with van der Waals surface area (Å²) in [6.45, 7) is 3.91. The first kappa shape index (κ1) is 17.7. The highest BCUT2D eigenvalue weighted by Gasteiger charge is 2.28. The number of pyridine rings is 1. The molecule has 0 spiro atoms. The van der Waals surface area contributed by atoms with Gasteiger partial charge in [0.15, 0.2) is 0 Å². The fourth-order valence-electron chi connectivity index (χ4n) is 2.45. The van der Waals surface area contributed by atoms with Gasteiger partial charge < -0.3 is 5.73 Å². The molecule has 0 saturated carbocycles. The molecule has 0 aliphatic rings. The fourth-order valence-corrected chi connectivity index (χ4v) is 2.45. The van der Waals surface area contributed by atoms with E-state index in [1.165, 1.54) is 5.39 Å². The molecule has 1 heterocycles. The number of fused-ring (bicyclic) bond motifs is 1. The molecule has 3 rings (SSSR count). The van der Waals surface area contributed by atoms with Gasteiger partial charge in [-0.05, 0) is 30.5 Å². The third-order valence-electron chi connectivity index (χ3n) is 4.32. The summed E-state index contributed by atoms with van der Waals surface area (Å²) in [7, 11) is 0. The van der Waals surface area contributed by atoms with Gasteiger partial charge in [0.05, 0.1) is 5.52 Å². The summed E-state index contributed by atoms with van der Waals surface area (Å²) in [6, 6.07) is 22.1. The van der Waals surface area contributed by atoms with Crippen LogP contribution in [0.3, 0.4) is 0 Å². The van der Waals surface area contributed by atoms with Crippen molar-refractivity contribution in [2.75, 3.05) is 0 Å². The van der Waals surface area contributed by atoms with E-state index in [2.05, 4.69) is 17.1 Å². The largest absolute Gasteiger partial charge is 0.369 e. The molecule has 1 atom stereocenters. The number of benzene rings is 2. The number of hydrogen-bond acceptors (Lipinski definition) is 2. The molecule has 3 heteroatoms. The standard InChI is InChI=1S/C12H17NO.C9H7N/c1-3-12(2,11(13)14)9-10-7-5-4-6-8-10;1-2-6-9-8(4-1)5-3-7-10-9/h4-8H,3,9H2,1-2H3,(H2,13,14);1-7H. The van der Waals surface area contributed by atoms with Crippen LogP contribution < -0.4 is 5.73 Å². The Kier molecular flexibility index (Phi) is 6.07. The molecule has 0 aliphatic carbocycles. The predicted octanol–water partition coefficient (Wildman–Crippen LogP) is 4.37. The lowest BCUT2D eigenvalue weighted by molar-refractivity contribution is -0.126. The molecule has 3 aromatic rings. The van der Waals surface area contributed by atoms with Crippen molar-refractivity contribution in [2.24, 2.45) is 11.1 Å². The summed E-state index contributed by atoms with van der Waals surface area (Å²) in [6.07, 6.45) is 3.30. The second-order valence-electron chi connectivity index (χ2n) is 6.14. The van der Waals surface area contributed by atoms with Crippen molar-refractivity contribution in [1.29, 1.82) is 0 Å². The highest BCUT2D eigenvalue weighted by atomic mass is 16.1. The average molecular weight is 320 g/mol. The Balaban J connectivity index is 0.000000182. The number of para-hydroxylation sites is 1. The van der Waals surface area contributed by atoms with E-state index < -0.39 is 5.41 Å². The van der Waals surface area contributed by atoms with Crippen LogP contribution >= 0.6 is 0 Å². The number of carbonyl (C=O) groups is 1. The number of aromatic nitrogens is 1. The van der Waals surface area contributed by atoms with E-state index in [0.717, 1.165) is 23.9 Å². The lowest BCUT2D eigenvalue weighted by Gasteiger charge is -2.24. The molecule has 3 nitrogen and oxygen atoms in total. The number of carbonyl (C=O) groups excluding carboxylic acids is 1. The van der Waals surface area contributed by atoms with Gasteiger partial charge in [0.2, 0.25) is 5.91 Å². The summed E-state index contributed by atoms with van der Waals surface area (Å²) in [4.78, 5) is 15.5. The molecule has 2 aromatic carbocycles. The molecule has 0 fully saturated rings. The van der Waals surface area contributed by atoms with E-state index in [0.29, 0.717) is 0 Å². The maximum absolute atomic E-state index is 11.3. The zero-order valence-electron chi connectivity index (χ0n) is 14.3. The summed E-state index contributed by atoms with van der Waals surface area (Å²) in [5, 5.41) is 1.20. The first-order valence-corrected chi connectivity index (χ1v) is 8.19. The van der Waals surface area contributed by atoms with E-state index in [4.69, 9.17) is 5.73 Å². The minimum absolute atomic E-state index is 0.219. The molecule has 1 unspecified atom stereocenters. The summed E-state index contributed by atoms with van der Waals surface area (Å²) < 4.78 is 0. The minimum atomic E-state index is -0.415. The van der Waals surface area contributed by atoms with E-state index in [1.807, 2.05) is 74.6 Å². The van der Waals surface area contributed by atoms with Crippen molar-refractivity contribution < 1.29 is 4.79 Å². The SMILES string of the molecule is CCC(C)(Cc1ccccc1)C(N)=O.c1ccc2ncccc2c1. The molecule has 0 aliphatic heterocycles. The van der Waals surface area contributed by atoms with Crippen LogP contribution in [0.4, 0.5) is 0 Å². The average Bonchev–Trinajstić information content (AvgIpc) is 2.63. The lowest BCUT2D eigenvalue weighted by Crippen LogP contribution is -2.35. The van der Waals surface area contributed by atoms with Crippen molar-refractivity contribution in [3.63, 3.8) is 0 Å². The quantitative estimate of drug-likeness (QED) is 0.776. The van der Waals surface area contributed by atoms with E-state index in [9.17, 15) is 4.79 Å². The van der Waals surface area contributed by atoms with Crippen molar-refractivity contribution in [3.8, 4) is 0 Å². The van der Waals surface area contributed by atoms with Gasteiger partial charge in [0.25, 0.3) is 0 Å². The van der Waals surface area contributed by atoms with E-state index >= 15 is 0 Å². The third kappa shape index (κ3) is 4.66. The predicted molar refractivity (Wildman–Crippen MR) is 99.5 cm³/mol. The Morgan fingerprint density at radius 2 is 1.62 bits per heavy atom. The monoisotopic (exact) mass is 320 g/mol. The highest BCUT2D eigenvalue weighted by molar-refractivity contribution is 5.80. The first-order chi connectivity index (χ1) is 11.5. The number of amides is 1. The van der Waals surface area contributed by atoms with E-state index in [1.54, 1.807) is 0 Å². The fraction of sp³-hybridized carbons (Fsp3) is 0.238. The van der Waals surface area contributed by atoms with Crippen molar-refractivity contribution >= 4 is 16.8 Å². The smallest absolute Gasteiger partial charge is 0.223 e. The maximum atomic E-state index is 11.3. The van der Waals surface area contributed by atoms with Gasteiger partial charge in [-0.1, -0.05) is 68.4 Å². The number of nitrogens with zero attached hydrogens (tertiary/aromatic N) is 1. The van der Waals surface area contributed by atoms with Crippen molar-refractivity contribution in [2.45, 2.75) is 26.7 Å². The molecule has 1 aromatic heterocycles. The van der Waals surface area contributed by atoms with Gasteiger partial charge in [-0.25, -0.2) is 0 Å². The van der Waals surface area contributed by atoms with Crippen LogP contribution in [0.1, 0.15) is 25.8 Å². The Morgan fingerprint density at radius 3 is 2.25 bits per heavy atom. The molecule has 124 valence electrons. The molecular formula is C21H24N2O. The number of hydrogen-bond donors (Lipinski definition) is 1. The molecule has 2 N–H and O–H groups in total. The number of nitrogens with two attached hydrogens (primary N) is 1. The van der Waals surface area contributed by atoms with Gasteiger partial charge in [0.1, 0.15) is 0 Å². The Morgan fingerprint density at radius 1 is 1.00 bits per heavy atom. The molecule has 0 saturated heterocycles. The molecule has 0 bridgehead atoms. The maximum Gasteiger partial charge on any atom is 0.223 e. The van der Waals surface area contributed by atoms with Crippen LogP contribution in [-0.2, 0) is 11.2 Å². The van der Waals surface area contributed by atoms with Gasteiger partial charge in [-0.2, -0.15) is 0 Å². The highest BCUT2D eigenvalue weighted by Crippen LogP contribution is 2.25. The second-order valence-corrected chi connectivity index (χ2v) is 6.14. The van der Waals surface area contributed by atoms with Gasteiger partial charge in [-0.3, -0.25) is 9.78 Å². The lowest BCUT2D eigenvalue weighted by atomic mass is 9.80. The summed E-state index contributed by atoms with van der Waals surface area (Å²) in [5.74, 6) is -0.219. The van der Waals surface area contributed by atoms with Crippen LogP contribution in [-0.4, -0.2) is 10.9 Å². The van der Waals surface area contributed by atoms with Gasteiger partial charge >= 0.3 is 0 Å². The van der Waals surface area contributed by atoms with Crippen molar-refractivity contribution in [3.05, 3.63) is 78.5 Å². The van der Waals surface area contributed by atoms with Crippen LogP contribution in [0.2, 0.25) is 0 Å². The number of rotatable bonds is 4. The normalized spacial score (nSPS) is 12.8. The number of primary amides is 1. The van der Waals surface area contributed by atoms with E-state index in [-0.39, 0.29) is 5.91 Å². The Bertz CT molecular complexity index is 720. The zero-order valence-corrected chi connectivity index (χ0v) is 14.3. The minimum Gasteiger partial charge on any atom is -0.369 e. The molecule has 1 amide bonds. The third-order valence-corrected chi connectivity index (χ3v) is 4.32. The summed E-state index contributed by atoms with van der Waals surface area (Å²) >= 11 is 0. The first-order valence-electron chi connectivity index (χ1n) is 8.19. The van der Waals surface area contributed by atoms with Crippen molar-refractivity contribution in [1.82, 2.24) is 4.98 Å². The second kappa shape index (κ2) is 8.25. The van der Waals surface area contributed by atoms with Crippen LogP contribution in [0, 0.1) is 5.41 Å². The molecule has 24 heavy (non-hydrogen) atoms. The molecular weight excluding hydrogens is 296 g/mol. The van der Waals surface area contributed by atoms with Gasteiger partial charge in [0, 0.05) is 17.0 Å². The molecule has 0 radical (unpaired) electrons. The zero-order chi connectivity index (χ0) is 17.4. The van der Waals surface area contributed by atoms with Crippen LogP contribution in [0.5, 0.6) is 0 Å². The topological polar surface area (TPSA) is 56.0 Å². The Hall–Kier alpha value is -2.68.